The predicted octanol–water partition coefficient (Wildman–Crippen LogP) is 2.67. The monoisotopic (exact) mass is 281 g/mol. The summed E-state index contributed by atoms with van der Waals surface area (Å²) in [6, 6.07) is 10.4. The van der Waals surface area contributed by atoms with E-state index in [9.17, 15) is 4.79 Å². The number of hydrogen-bond acceptors (Lipinski definition) is 3. The maximum Gasteiger partial charge on any atom is 0.224 e. The van der Waals surface area contributed by atoms with Crippen molar-refractivity contribution in [1.29, 1.82) is 0 Å². The molecule has 0 saturated heterocycles. The number of anilines is 1. The van der Waals surface area contributed by atoms with E-state index in [0.717, 1.165) is 24.2 Å². The van der Waals surface area contributed by atoms with Gasteiger partial charge in [-0.15, -0.1) is 0 Å². The Hall–Kier alpha value is -2.20. The Labute approximate surface area is 124 Å². The van der Waals surface area contributed by atoms with Crippen LogP contribution in [0.1, 0.15) is 36.1 Å². The molecule has 0 bridgehead atoms. The van der Waals surface area contributed by atoms with Gasteiger partial charge in [-0.25, -0.2) is 0 Å². The van der Waals surface area contributed by atoms with Gasteiger partial charge < -0.3 is 10.6 Å². The van der Waals surface area contributed by atoms with Crippen LogP contribution < -0.4 is 10.6 Å². The molecular formula is C17H19N3O. The van der Waals surface area contributed by atoms with Gasteiger partial charge in [-0.2, -0.15) is 0 Å². The summed E-state index contributed by atoms with van der Waals surface area (Å²) in [6.45, 7) is 2.98. The first-order valence-corrected chi connectivity index (χ1v) is 7.34. The summed E-state index contributed by atoms with van der Waals surface area (Å²) in [5.41, 5.74) is 4.51. The first-order chi connectivity index (χ1) is 10.3. The van der Waals surface area contributed by atoms with Crippen molar-refractivity contribution in [2.24, 2.45) is 0 Å². The maximum absolute atomic E-state index is 11.4. The van der Waals surface area contributed by atoms with E-state index in [1.54, 1.807) is 6.20 Å². The summed E-state index contributed by atoms with van der Waals surface area (Å²) in [4.78, 5) is 15.7. The zero-order chi connectivity index (χ0) is 14.7. The third-order valence-corrected chi connectivity index (χ3v) is 3.78. The minimum atomic E-state index is 0.103. The van der Waals surface area contributed by atoms with Gasteiger partial charge in [-0.05, 0) is 41.8 Å². The van der Waals surface area contributed by atoms with E-state index in [1.165, 1.54) is 11.1 Å². The number of carbonyl (C=O) groups excluding carboxylic acids is 1. The molecule has 1 aromatic heterocycles. The molecule has 0 saturated carbocycles. The number of carbonyl (C=O) groups is 1. The Morgan fingerprint density at radius 3 is 2.95 bits per heavy atom. The molecule has 4 heteroatoms. The van der Waals surface area contributed by atoms with Crippen molar-refractivity contribution in [3.05, 3.63) is 59.4 Å². The summed E-state index contributed by atoms with van der Waals surface area (Å²) >= 11 is 0. The molecule has 1 aromatic carbocycles. The highest BCUT2D eigenvalue weighted by Crippen LogP contribution is 2.28. The highest BCUT2D eigenvalue weighted by molar-refractivity contribution is 5.93. The second kappa shape index (κ2) is 6.06. The molecule has 0 spiro atoms. The molecule has 1 atom stereocenters. The molecule has 2 aromatic rings. The number of amides is 1. The number of pyridine rings is 1. The number of fused-ring (bicyclic) bond motifs is 1. The van der Waals surface area contributed by atoms with Crippen LogP contribution in [0, 0.1) is 0 Å². The average molecular weight is 281 g/mol. The quantitative estimate of drug-likeness (QED) is 0.906. The lowest BCUT2D eigenvalue weighted by atomic mass is 9.94. The van der Waals surface area contributed by atoms with Crippen molar-refractivity contribution in [3.63, 3.8) is 0 Å². The highest BCUT2D eigenvalue weighted by Gasteiger charge is 2.18. The minimum Gasteiger partial charge on any atom is -0.326 e. The van der Waals surface area contributed by atoms with Crippen molar-refractivity contribution in [2.45, 2.75) is 25.8 Å². The molecule has 0 aliphatic carbocycles. The summed E-state index contributed by atoms with van der Waals surface area (Å²) in [7, 11) is 0. The standard InChI is InChI=1S/C17H19N3O/c1-2-19-17(14-4-3-9-18-11-14)13-5-7-15-12(10-13)6-8-16(21)20-15/h3-5,7,9-11,17,19H,2,6,8H2,1H3,(H,20,21). The Balaban J connectivity index is 1.95. The van der Waals surface area contributed by atoms with E-state index in [0.29, 0.717) is 6.42 Å². The van der Waals surface area contributed by atoms with Gasteiger partial charge in [0.1, 0.15) is 0 Å². The van der Waals surface area contributed by atoms with Crippen LogP contribution in [0.25, 0.3) is 0 Å². The lowest BCUT2D eigenvalue weighted by Gasteiger charge is -2.22. The van der Waals surface area contributed by atoms with Crippen LogP contribution in [0.4, 0.5) is 5.69 Å². The SMILES string of the molecule is CCNC(c1cccnc1)c1ccc2c(c1)CCC(=O)N2. The van der Waals surface area contributed by atoms with Crippen LogP contribution in [0.2, 0.25) is 0 Å². The van der Waals surface area contributed by atoms with Gasteiger partial charge >= 0.3 is 0 Å². The highest BCUT2D eigenvalue weighted by atomic mass is 16.1. The van der Waals surface area contributed by atoms with E-state index in [-0.39, 0.29) is 11.9 Å². The molecule has 1 amide bonds. The number of hydrogen-bond donors (Lipinski definition) is 2. The van der Waals surface area contributed by atoms with Gasteiger partial charge in [0, 0.05) is 24.5 Å². The van der Waals surface area contributed by atoms with Gasteiger partial charge in [0.25, 0.3) is 0 Å². The fourth-order valence-electron chi connectivity index (χ4n) is 2.76. The molecule has 3 rings (SSSR count). The predicted molar refractivity (Wildman–Crippen MR) is 83.1 cm³/mol. The second-order valence-corrected chi connectivity index (χ2v) is 5.24. The molecule has 2 N–H and O–H groups in total. The molecular weight excluding hydrogens is 262 g/mol. The Morgan fingerprint density at radius 2 is 2.19 bits per heavy atom. The fourth-order valence-corrected chi connectivity index (χ4v) is 2.76. The smallest absolute Gasteiger partial charge is 0.224 e. The van der Waals surface area contributed by atoms with E-state index in [2.05, 4.69) is 40.7 Å². The fraction of sp³-hybridized carbons (Fsp3) is 0.294. The summed E-state index contributed by atoms with van der Waals surface area (Å²) in [6.07, 6.45) is 5.06. The van der Waals surface area contributed by atoms with Gasteiger partial charge in [0.15, 0.2) is 0 Å². The van der Waals surface area contributed by atoms with E-state index in [1.807, 2.05) is 18.3 Å². The number of rotatable bonds is 4. The van der Waals surface area contributed by atoms with Crippen molar-refractivity contribution in [1.82, 2.24) is 10.3 Å². The molecule has 21 heavy (non-hydrogen) atoms. The topological polar surface area (TPSA) is 54.0 Å². The van der Waals surface area contributed by atoms with E-state index < -0.39 is 0 Å². The summed E-state index contributed by atoms with van der Waals surface area (Å²) in [5.74, 6) is 0.103. The molecule has 1 aliphatic rings. The maximum atomic E-state index is 11.4. The first-order valence-electron chi connectivity index (χ1n) is 7.34. The number of aromatic nitrogens is 1. The van der Waals surface area contributed by atoms with Crippen LogP contribution in [0.15, 0.2) is 42.7 Å². The molecule has 1 unspecified atom stereocenters. The van der Waals surface area contributed by atoms with Crippen molar-refractivity contribution >= 4 is 11.6 Å². The van der Waals surface area contributed by atoms with Gasteiger partial charge in [-0.3, -0.25) is 9.78 Å². The third-order valence-electron chi connectivity index (χ3n) is 3.78. The number of aryl methyl sites for hydroxylation is 1. The average Bonchev–Trinajstić information content (AvgIpc) is 2.53. The van der Waals surface area contributed by atoms with Crippen LogP contribution in [-0.2, 0) is 11.2 Å². The van der Waals surface area contributed by atoms with Gasteiger partial charge in [0.2, 0.25) is 5.91 Å². The summed E-state index contributed by atoms with van der Waals surface area (Å²) < 4.78 is 0. The Kier molecular flexibility index (Phi) is 3.97. The Bertz CT molecular complexity index is 640. The first kappa shape index (κ1) is 13.8. The largest absolute Gasteiger partial charge is 0.326 e. The molecule has 4 nitrogen and oxygen atoms in total. The van der Waals surface area contributed by atoms with Crippen LogP contribution >= 0.6 is 0 Å². The molecule has 0 fully saturated rings. The van der Waals surface area contributed by atoms with Crippen molar-refractivity contribution in [2.75, 3.05) is 11.9 Å². The minimum absolute atomic E-state index is 0.103. The van der Waals surface area contributed by atoms with Gasteiger partial charge in [0.05, 0.1) is 6.04 Å². The van der Waals surface area contributed by atoms with Crippen molar-refractivity contribution < 1.29 is 4.79 Å². The lowest BCUT2D eigenvalue weighted by molar-refractivity contribution is -0.116. The van der Waals surface area contributed by atoms with Crippen LogP contribution in [-0.4, -0.2) is 17.4 Å². The number of benzene rings is 1. The zero-order valence-electron chi connectivity index (χ0n) is 12.1. The summed E-state index contributed by atoms with van der Waals surface area (Å²) in [5, 5.41) is 6.43. The van der Waals surface area contributed by atoms with Crippen LogP contribution in [0.5, 0.6) is 0 Å². The van der Waals surface area contributed by atoms with Gasteiger partial charge in [-0.1, -0.05) is 25.1 Å². The number of nitrogens with zero attached hydrogens (tertiary/aromatic N) is 1. The zero-order valence-corrected chi connectivity index (χ0v) is 12.1. The molecule has 2 heterocycles. The van der Waals surface area contributed by atoms with E-state index >= 15 is 0 Å². The molecule has 108 valence electrons. The van der Waals surface area contributed by atoms with E-state index in [4.69, 9.17) is 0 Å². The third kappa shape index (κ3) is 2.95. The lowest BCUT2D eigenvalue weighted by Crippen LogP contribution is -2.23. The Morgan fingerprint density at radius 1 is 1.29 bits per heavy atom. The second-order valence-electron chi connectivity index (χ2n) is 5.24. The van der Waals surface area contributed by atoms with Crippen LogP contribution in [0.3, 0.4) is 0 Å². The molecule has 1 aliphatic heterocycles. The van der Waals surface area contributed by atoms with Crippen molar-refractivity contribution in [3.8, 4) is 0 Å². The molecule has 0 radical (unpaired) electrons. The number of nitrogens with one attached hydrogen (secondary N) is 2. The normalized spacial score (nSPS) is 15.2.